The summed E-state index contributed by atoms with van der Waals surface area (Å²) >= 11 is 0. The molecule has 5 heteroatoms. The summed E-state index contributed by atoms with van der Waals surface area (Å²) in [6, 6.07) is 0. The number of fused-ring (bicyclic) bond motifs is 1. The first-order chi connectivity index (χ1) is 7.36. The van der Waals surface area contributed by atoms with Gasteiger partial charge in [-0.1, -0.05) is 5.57 Å². The van der Waals surface area contributed by atoms with Crippen LogP contribution in [-0.2, 0) is 0 Å². The highest BCUT2D eigenvalue weighted by Crippen LogP contribution is 2.37. The molecule has 0 spiro atoms. The van der Waals surface area contributed by atoms with Crippen molar-refractivity contribution < 1.29 is 5.11 Å². The van der Waals surface area contributed by atoms with Gasteiger partial charge in [-0.05, 0) is 12.5 Å². The van der Waals surface area contributed by atoms with Gasteiger partial charge in [0.05, 0.1) is 12.5 Å². The Kier molecular flexibility index (Phi) is 1.78. The number of nitrogens with zero attached hydrogens (tertiary/aromatic N) is 3. The van der Waals surface area contributed by atoms with Crippen molar-refractivity contribution in [3.63, 3.8) is 0 Å². The van der Waals surface area contributed by atoms with Crippen LogP contribution < -0.4 is 0 Å². The minimum atomic E-state index is 0.219. The third-order valence-corrected chi connectivity index (χ3v) is 2.58. The average Bonchev–Trinajstić information content (AvgIpc) is 2.84. The van der Waals surface area contributed by atoms with E-state index in [0.29, 0.717) is 17.4 Å². The number of hydrogen-bond acceptors (Lipinski definition) is 4. The first kappa shape index (κ1) is 8.55. The number of aliphatic hydroxyl groups excluding tert-OH is 1. The monoisotopic (exact) mass is 202 g/mol. The van der Waals surface area contributed by atoms with Gasteiger partial charge in [-0.2, -0.15) is 0 Å². The zero-order valence-electron chi connectivity index (χ0n) is 8.01. The highest BCUT2D eigenvalue weighted by Gasteiger charge is 2.28. The topological polar surface area (TPSA) is 74.7 Å². The van der Waals surface area contributed by atoms with Gasteiger partial charge >= 0.3 is 0 Å². The second kappa shape index (κ2) is 3.13. The van der Waals surface area contributed by atoms with Crippen molar-refractivity contribution in [2.75, 3.05) is 6.61 Å². The number of nitrogens with one attached hydrogen (secondary N) is 1. The van der Waals surface area contributed by atoms with Crippen LogP contribution in [0.4, 0.5) is 0 Å². The number of aromatic amines is 1. The molecule has 1 unspecified atom stereocenters. The average molecular weight is 202 g/mol. The number of aromatic nitrogens is 4. The predicted octanol–water partition coefficient (Wildman–Crippen LogP) is 0.748. The van der Waals surface area contributed by atoms with E-state index < -0.39 is 0 Å². The Morgan fingerprint density at radius 1 is 1.53 bits per heavy atom. The molecular weight excluding hydrogens is 192 g/mol. The summed E-state index contributed by atoms with van der Waals surface area (Å²) < 4.78 is 0. The van der Waals surface area contributed by atoms with Gasteiger partial charge in [0.2, 0.25) is 0 Å². The molecule has 1 aliphatic carbocycles. The van der Waals surface area contributed by atoms with E-state index in [1.807, 2.05) is 6.08 Å². The standard InChI is InChI=1S/C10H10N4O/c15-4-7-1-6(7)2-9-11-3-8-10(14-9)13-5-12-8/h2-3,5,7,15H,1,4H2,(H,11,12,13,14). The van der Waals surface area contributed by atoms with Gasteiger partial charge < -0.3 is 10.1 Å². The zero-order valence-corrected chi connectivity index (χ0v) is 8.01. The van der Waals surface area contributed by atoms with Crippen LogP contribution >= 0.6 is 0 Å². The molecule has 3 rings (SSSR count). The number of hydrogen-bond donors (Lipinski definition) is 2. The number of H-pyrrole nitrogens is 1. The van der Waals surface area contributed by atoms with Crippen molar-refractivity contribution in [1.82, 2.24) is 19.9 Å². The summed E-state index contributed by atoms with van der Waals surface area (Å²) in [5.74, 6) is 0.990. The third-order valence-electron chi connectivity index (χ3n) is 2.58. The Bertz CT molecular complexity index is 531. The maximum Gasteiger partial charge on any atom is 0.181 e. The van der Waals surface area contributed by atoms with E-state index in [2.05, 4.69) is 19.9 Å². The molecule has 1 fully saturated rings. The van der Waals surface area contributed by atoms with Gasteiger partial charge in [-0.3, -0.25) is 0 Å². The zero-order chi connectivity index (χ0) is 10.3. The molecule has 1 aliphatic rings. The lowest BCUT2D eigenvalue weighted by atomic mass is 10.4. The van der Waals surface area contributed by atoms with Crippen LogP contribution in [0.2, 0.25) is 0 Å². The predicted molar refractivity (Wildman–Crippen MR) is 54.9 cm³/mol. The van der Waals surface area contributed by atoms with E-state index in [9.17, 15) is 0 Å². The van der Waals surface area contributed by atoms with E-state index in [1.165, 1.54) is 5.57 Å². The third kappa shape index (κ3) is 1.50. The van der Waals surface area contributed by atoms with Crippen LogP contribution in [0.5, 0.6) is 0 Å². The van der Waals surface area contributed by atoms with Gasteiger partial charge in [-0.15, -0.1) is 0 Å². The van der Waals surface area contributed by atoms with Crippen LogP contribution in [0.3, 0.4) is 0 Å². The van der Waals surface area contributed by atoms with Crippen LogP contribution in [0.1, 0.15) is 12.2 Å². The maximum atomic E-state index is 8.89. The second-order valence-electron chi connectivity index (χ2n) is 3.67. The molecule has 0 amide bonds. The van der Waals surface area contributed by atoms with E-state index in [4.69, 9.17) is 5.11 Å². The Labute approximate surface area is 85.9 Å². The van der Waals surface area contributed by atoms with E-state index in [0.717, 1.165) is 11.9 Å². The quantitative estimate of drug-likeness (QED) is 0.753. The Morgan fingerprint density at radius 3 is 3.27 bits per heavy atom. The van der Waals surface area contributed by atoms with Gasteiger partial charge in [0.25, 0.3) is 0 Å². The molecule has 0 radical (unpaired) electrons. The highest BCUT2D eigenvalue weighted by molar-refractivity contribution is 5.69. The maximum absolute atomic E-state index is 8.89. The molecule has 2 heterocycles. The number of imidazole rings is 1. The number of rotatable bonds is 2. The molecule has 76 valence electrons. The van der Waals surface area contributed by atoms with E-state index >= 15 is 0 Å². The fourth-order valence-corrected chi connectivity index (χ4v) is 1.57. The van der Waals surface area contributed by atoms with Gasteiger partial charge in [0.1, 0.15) is 5.52 Å². The molecule has 2 aromatic rings. The summed E-state index contributed by atoms with van der Waals surface area (Å²) in [4.78, 5) is 15.5. The molecule has 0 bridgehead atoms. The molecule has 0 aromatic carbocycles. The largest absolute Gasteiger partial charge is 0.396 e. The van der Waals surface area contributed by atoms with Crippen molar-refractivity contribution in [2.24, 2.45) is 5.92 Å². The van der Waals surface area contributed by atoms with E-state index in [-0.39, 0.29) is 6.61 Å². The fourth-order valence-electron chi connectivity index (χ4n) is 1.57. The van der Waals surface area contributed by atoms with E-state index in [1.54, 1.807) is 12.5 Å². The first-order valence-electron chi connectivity index (χ1n) is 4.84. The molecule has 1 atom stereocenters. The Morgan fingerprint density at radius 2 is 2.47 bits per heavy atom. The molecule has 2 aromatic heterocycles. The summed E-state index contributed by atoms with van der Waals surface area (Å²) in [7, 11) is 0. The second-order valence-corrected chi connectivity index (χ2v) is 3.67. The molecular formula is C10H10N4O. The van der Waals surface area contributed by atoms with Gasteiger partial charge in [0, 0.05) is 12.5 Å². The Balaban J connectivity index is 1.95. The summed E-state index contributed by atoms with van der Waals surface area (Å²) in [6.45, 7) is 0.219. The first-order valence-corrected chi connectivity index (χ1v) is 4.84. The van der Waals surface area contributed by atoms with Gasteiger partial charge in [-0.25, -0.2) is 15.0 Å². The fraction of sp³-hybridized carbons (Fsp3) is 0.300. The normalized spacial score (nSPS) is 22.5. The molecule has 5 nitrogen and oxygen atoms in total. The molecule has 0 saturated heterocycles. The lowest BCUT2D eigenvalue weighted by Crippen LogP contribution is -1.88. The summed E-state index contributed by atoms with van der Waals surface area (Å²) in [5.41, 5.74) is 2.73. The van der Waals surface area contributed by atoms with Crippen LogP contribution in [-0.4, -0.2) is 31.6 Å². The molecule has 2 N–H and O–H groups in total. The summed E-state index contributed by atoms with van der Waals surface area (Å²) in [6.07, 6.45) is 6.20. The smallest absolute Gasteiger partial charge is 0.181 e. The van der Waals surface area contributed by atoms with Crippen molar-refractivity contribution in [2.45, 2.75) is 6.42 Å². The minimum absolute atomic E-state index is 0.219. The minimum Gasteiger partial charge on any atom is -0.396 e. The van der Waals surface area contributed by atoms with Gasteiger partial charge in [0.15, 0.2) is 11.5 Å². The van der Waals surface area contributed by atoms with Crippen molar-refractivity contribution in [3.05, 3.63) is 23.9 Å². The van der Waals surface area contributed by atoms with Crippen molar-refractivity contribution >= 4 is 17.2 Å². The molecule has 0 aliphatic heterocycles. The van der Waals surface area contributed by atoms with Crippen molar-refractivity contribution in [1.29, 1.82) is 0 Å². The highest BCUT2D eigenvalue weighted by atomic mass is 16.3. The number of aliphatic hydroxyl groups is 1. The lowest BCUT2D eigenvalue weighted by molar-refractivity contribution is 0.281. The lowest BCUT2D eigenvalue weighted by Gasteiger charge is -1.91. The van der Waals surface area contributed by atoms with Crippen LogP contribution in [0.25, 0.3) is 17.2 Å². The Hall–Kier alpha value is -1.75. The molecule has 1 saturated carbocycles. The van der Waals surface area contributed by atoms with Crippen LogP contribution in [0, 0.1) is 5.92 Å². The van der Waals surface area contributed by atoms with Crippen LogP contribution in [0.15, 0.2) is 18.1 Å². The van der Waals surface area contributed by atoms with Crippen molar-refractivity contribution in [3.8, 4) is 0 Å². The summed E-state index contributed by atoms with van der Waals surface area (Å²) in [5, 5.41) is 8.89. The SMILES string of the molecule is OCC1CC1=Cc1ncc2[nH]cnc2n1. The molecule has 15 heavy (non-hydrogen) atoms.